The molecule has 0 saturated heterocycles. The molecule has 0 bridgehead atoms. The van der Waals surface area contributed by atoms with E-state index in [1.165, 1.54) is 6.42 Å². The molecule has 1 rings (SSSR count). The highest BCUT2D eigenvalue weighted by Crippen LogP contribution is 2.34. The van der Waals surface area contributed by atoms with Gasteiger partial charge in [-0.2, -0.15) is 0 Å². The number of hydrogen-bond acceptors (Lipinski definition) is 2. The van der Waals surface area contributed by atoms with Crippen molar-refractivity contribution in [1.29, 1.82) is 0 Å². The highest BCUT2D eigenvalue weighted by atomic mass is 16.5. The zero-order chi connectivity index (χ0) is 9.14. The van der Waals surface area contributed by atoms with Crippen molar-refractivity contribution in [3.63, 3.8) is 0 Å². The van der Waals surface area contributed by atoms with Crippen molar-refractivity contribution < 1.29 is 9.84 Å². The molecule has 1 saturated carbocycles. The molecular formula is C10H20O2. The van der Waals surface area contributed by atoms with Crippen LogP contribution in [0, 0.1) is 17.8 Å². The number of aliphatic hydroxyl groups excluding tert-OH is 1. The van der Waals surface area contributed by atoms with E-state index in [1.54, 1.807) is 7.11 Å². The fourth-order valence-electron chi connectivity index (χ4n) is 2.58. The summed E-state index contributed by atoms with van der Waals surface area (Å²) < 4.78 is 5.40. The molecule has 0 amide bonds. The number of ether oxygens (including phenoxy) is 1. The molecule has 12 heavy (non-hydrogen) atoms. The summed E-state index contributed by atoms with van der Waals surface area (Å²) in [5.74, 6) is 1.69. The predicted molar refractivity (Wildman–Crippen MR) is 48.9 cm³/mol. The van der Waals surface area contributed by atoms with Crippen LogP contribution < -0.4 is 0 Å². The lowest BCUT2D eigenvalue weighted by Crippen LogP contribution is -2.38. The molecule has 1 aliphatic rings. The Kier molecular flexibility index (Phi) is 3.53. The minimum absolute atomic E-state index is 0.270. The Morgan fingerprint density at radius 2 is 2.00 bits per heavy atom. The summed E-state index contributed by atoms with van der Waals surface area (Å²) >= 11 is 0. The number of rotatable bonds is 2. The fraction of sp³-hybridized carbons (Fsp3) is 1.00. The second kappa shape index (κ2) is 4.24. The van der Waals surface area contributed by atoms with Gasteiger partial charge in [-0.3, -0.25) is 0 Å². The molecule has 72 valence electrons. The minimum atomic E-state index is 0.270. The minimum Gasteiger partial charge on any atom is -0.396 e. The third kappa shape index (κ3) is 1.99. The van der Waals surface area contributed by atoms with Crippen LogP contribution in [0.5, 0.6) is 0 Å². The molecule has 0 radical (unpaired) electrons. The molecule has 0 heterocycles. The van der Waals surface area contributed by atoms with Gasteiger partial charge in [0.1, 0.15) is 0 Å². The second-order valence-electron chi connectivity index (χ2n) is 4.20. The molecule has 4 unspecified atom stereocenters. The first-order valence-electron chi connectivity index (χ1n) is 4.82. The van der Waals surface area contributed by atoms with Crippen molar-refractivity contribution in [2.24, 2.45) is 17.8 Å². The summed E-state index contributed by atoms with van der Waals surface area (Å²) in [5.41, 5.74) is 0. The third-order valence-corrected chi connectivity index (χ3v) is 3.01. The first-order valence-corrected chi connectivity index (χ1v) is 4.82. The predicted octanol–water partition coefficient (Wildman–Crippen LogP) is 1.68. The summed E-state index contributed by atoms with van der Waals surface area (Å²) in [6.45, 7) is 4.74. The van der Waals surface area contributed by atoms with Crippen LogP contribution in [0.2, 0.25) is 0 Å². The number of hydrogen-bond donors (Lipinski definition) is 1. The monoisotopic (exact) mass is 172 g/mol. The molecule has 1 aliphatic carbocycles. The Bertz CT molecular complexity index is 136. The van der Waals surface area contributed by atoms with Crippen molar-refractivity contribution in [1.82, 2.24) is 0 Å². The van der Waals surface area contributed by atoms with E-state index in [9.17, 15) is 0 Å². The lowest BCUT2D eigenvalue weighted by atomic mass is 9.75. The van der Waals surface area contributed by atoms with Gasteiger partial charge in [-0.15, -0.1) is 0 Å². The Morgan fingerprint density at radius 3 is 2.50 bits per heavy atom. The van der Waals surface area contributed by atoms with Crippen molar-refractivity contribution in [2.75, 3.05) is 13.7 Å². The maximum atomic E-state index is 9.15. The van der Waals surface area contributed by atoms with E-state index in [2.05, 4.69) is 13.8 Å². The largest absolute Gasteiger partial charge is 0.396 e. The van der Waals surface area contributed by atoms with Crippen molar-refractivity contribution in [2.45, 2.75) is 32.8 Å². The number of aliphatic hydroxyl groups is 1. The average Bonchev–Trinajstić information content (AvgIpc) is 2.03. The first kappa shape index (κ1) is 10.0. The molecule has 4 atom stereocenters. The highest BCUT2D eigenvalue weighted by Gasteiger charge is 2.33. The molecule has 0 spiro atoms. The SMILES string of the molecule is COC1C(C)CC(C)CC1CO. The lowest BCUT2D eigenvalue weighted by Gasteiger charge is -2.37. The van der Waals surface area contributed by atoms with Crippen LogP contribution in [0.4, 0.5) is 0 Å². The summed E-state index contributed by atoms with van der Waals surface area (Å²) in [4.78, 5) is 0. The normalized spacial score (nSPS) is 43.0. The molecular weight excluding hydrogens is 152 g/mol. The fourth-order valence-corrected chi connectivity index (χ4v) is 2.58. The van der Waals surface area contributed by atoms with Gasteiger partial charge in [-0.25, -0.2) is 0 Å². The van der Waals surface area contributed by atoms with Gasteiger partial charge >= 0.3 is 0 Å². The smallest absolute Gasteiger partial charge is 0.0647 e. The third-order valence-electron chi connectivity index (χ3n) is 3.01. The zero-order valence-electron chi connectivity index (χ0n) is 8.29. The molecule has 2 heteroatoms. The Labute approximate surface area is 74.9 Å². The molecule has 2 nitrogen and oxygen atoms in total. The van der Waals surface area contributed by atoms with Crippen LogP contribution in [0.1, 0.15) is 26.7 Å². The topological polar surface area (TPSA) is 29.5 Å². The molecule has 1 fully saturated rings. The van der Waals surface area contributed by atoms with Gasteiger partial charge in [0.2, 0.25) is 0 Å². The van der Waals surface area contributed by atoms with Gasteiger partial charge in [0.25, 0.3) is 0 Å². The number of methoxy groups -OCH3 is 1. The van der Waals surface area contributed by atoms with Crippen LogP contribution in [0.25, 0.3) is 0 Å². The summed E-state index contributed by atoms with van der Waals surface area (Å²) in [6.07, 6.45) is 2.61. The highest BCUT2D eigenvalue weighted by molar-refractivity contribution is 4.83. The summed E-state index contributed by atoms with van der Waals surface area (Å²) in [5, 5.41) is 9.15. The molecule has 1 N–H and O–H groups in total. The standard InChI is InChI=1S/C10H20O2/c1-7-4-8(2)10(12-3)9(5-7)6-11/h7-11H,4-6H2,1-3H3. The van der Waals surface area contributed by atoms with E-state index in [-0.39, 0.29) is 12.7 Å². The second-order valence-corrected chi connectivity index (χ2v) is 4.20. The Hall–Kier alpha value is -0.0800. The molecule has 0 aromatic rings. The van der Waals surface area contributed by atoms with Gasteiger partial charge in [-0.05, 0) is 24.7 Å². The van der Waals surface area contributed by atoms with E-state index in [0.717, 1.165) is 12.3 Å². The van der Waals surface area contributed by atoms with Gasteiger partial charge < -0.3 is 9.84 Å². The summed E-state index contributed by atoms with van der Waals surface area (Å²) in [6, 6.07) is 0. The van der Waals surface area contributed by atoms with Crippen LogP contribution in [0.15, 0.2) is 0 Å². The van der Waals surface area contributed by atoms with E-state index in [0.29, 0.717) is 11.8 Å². The molecule has 0 aromatic heterocycles. The van der Waals surface area contributed by atoms with Crippen LogP contribution in [0.3, 0.4) is 0 Å². The van der Waals surface area contributed by atoms with Crippen molar-refractivity contribution in [3.05, 3.63) is 0 Å². The first-order chi connectivity index (χ1) is 5.69. The zero-order valence-corrected chi connectivity index (χ0v) is 8.29. The van der Waals surface area contributed by atoms with Crippen molar-refractivity contribution >= 4 is 0 Å². The van der Waals surface area contributed by atoms with E-state index < -0.39 is 0 Å². The van der Waals surface area contributed by atoms with Crippen LogP contribution >= 0.6 is 0 Å². The summed E-state index contributed by atoms with van der Waals surface area (Å²) in [7, 11) is 1.75. The van der Waals surface area contributed by atoms with Gasteiger partial charge in [-0.1, -0.05) is 13.8 Å². The van der Waals surface area contributed by atoms with Crippen LogP contribution in [-0.4, -0.2) is 24.9 Å². The van der Waals surface area contributed by atoms with Crippen LogP contribution in [-0.2, 0) is 4.74 Å². The van der Waals surface area contributed by atoms with Gasteiger partial charge in [0.15, 0.2) is 0 Å². The maximum absolute atomic E-state index is 9.15. The lowest BCUT2D eigenvalue weighted by molar-refractivity contribution is -0.0456. The maximum Gasteiger partial charge on any atom is 0.0647 e. The van der Waals surface area contributed by atoms with Gasteiger partial charge in [0, 0.05) is 19.6 Å². The van der Waals surface area contributed by atoms with E-state index >= 15 is 0 Å². The average molecular weight is 172 g/mol. The molecule has 0 aromatic carbocycles. The van der Waals surface area contributed by atoms with E-state index in [4.69, 9.17) is 9.84 Å². The molecule has 0 aliphatic heterocycles. The van der Waals surface area contributed by atoms with Crippen molar-refractivity contribution in [3.8, 4) is 0 Å². The Balaban J connectivity index is 2.56. The quantitative estimate of drug-likeness (QED) is 0.686. The van der Waals surface area contributed by atoms with Gasteiger partial charge in [0.05, 0.1) is 6.10 Å². The Morgan fingerprint density at radius 1 is 1.33 bits per heavy atom. The van der Waals surface area contributed by atoms with E-state index in [1.807, 2.05) is 0 Å².